The van der Waals surface area contributed by atoms with Gasteiger partial charge in [0.05, 0.1) is 10.5 Å². The first kappa shape index (κ1) is 14.4. The standard InChI is InChI=1S/C13H8BrClF3N/c14-8-3-4-9(16)11(12(8)18)13(19)7-2-1-6(15)5-10(7)17/h1-5,13H,19H2. The Hall–Kier alpha value is -1.04. The molecule has 0 aliphatic carbocycles. The van der Waals surface area contributed by atoms with Crippen LogP contribution in [0.1, 0.15) is 17.2 Å². The molecule has 1 nitrogen and oxygen atoms in total. The van der Waals surface area contributed by atoms with Crippen LogP contribution < -0.4 is 5.73 Å². The molecule has 2 rings (SSSR count). The summed E-state index contributed by atoms with van der Waals surface area (Å²) in [5, 5.41) is 0.184. The second-order valence-electron chi connectivity index (χ2n) is 3.90. The zero-order valence-electron chi connectivity index (χ0n) is 9.43. The van der Waals surface area contributed by atoms with E-state index in [1.165, 1.54) is 18.2 Å². The van der Waals surface area contributed by atoms with Gasteiger partial charge in [-0.05, 0) is 40.2 Å². The van der Waals surface area contributed by atoms with Crippen LogP contribution in [0.4, 0.5) is 13.2 Å². The minimum atomic E-state index is -1.25. The Morgan fingerprint density at radius 2 is 1.74 bits per heavy atom. The summed E-state index contributed by atoms with van der Waals surface area (Å²) in [4.78, 5) is 0. The summed E-state index contributed by atoms with van der Waals surface area (Å²) >= 11 is 8.56. The van der Waals surface area contributed by atoms with Crippen molar-refractivity contribution in [3.63, 3.8) is 0 Å². The van der Waals surface area contributed by atoms with Crippen LogP contribution in [0, 0.1) is 17.5 Å². The van der Waals surface area contributed by atoms with Gasteiger partial charge in [0.25, 0.3) is 0 Å². The number of halogens is 5. The molecule has 19 heavy (non-hydrogen) atoms. The van der Waals surface area contributed by atoms with Gasteiger partial charge in [-0.2, -0.15) is 0 Å². The van der Waals surface area contributed by atoms with E-state index in [4.69, 9.17) is 17.3 Å². The molecular weight excluding hydrogens is 343 g/mol. The van der Waals surface area contributed by atoms with Gasteiger partial charge < -0.3 is 5.73 Å². The van der Waals surface area contributed by atoms with E-state index in [2.05, 4.69) is 15.9 Å². The van der Waals surface area contributed by atoms with Crippen LogP contribution in [-0.4, -0.2) is 0 Å². The fourth-order valence-corrected chi connectivity index (χ4v) is 2.24. The molecule has 0 aromatic heterocycles. The van der Waals surface area contributed by atoms with Crippen molar-refractivity contribution in [3.05, 3.63) is 68.4 Å². The lowest BCUT2D eigenvalue weighted by atomic mass is 9.98. The van der Waals surface area contributed by atoms with Crippen LogP contribution in [0.3, 0.4) is 0 Å². The Bertz CT molecular complexity index is 634. The highest BCUT2D eigenvalue weighted by atomic mass is 79.9. The van der Waals surface area contributed by atoms with E-state index in [9.17, 15) is 13.2 Å². The van der Waals surface area contributed by atoms with Crippen molar-refractivity contribution in [3.8, 4) is 0 Å². The van der Waals surface area contributed by atoms with Crippen molar-refractivity contribution in [1.82, 2.24) is 0 Å². The molecule has 2 aromatic rings. The summed E-state index contributed by atoms with van der Waals surface area (Å²) in [6, 6.07) is 4.80. The summed E-state index contributed by atoms with van der Waals surface area (Å²) in [5.74, 6) is -2.39. The fourth-order valence-electron chi connectivity index (χ4n) is 1.74. The highest BCUT2D eigenvalue weighted by Gasteiger charge is 2.22. The lowest BCUT2D eigenvalue weighted by molar-refractivity contribution is 0.529. The van der Waals surface area contributed by atoms with Gasteiger partial charge in [-0.1, -0.05) is 17.7 Å². The molecule has 2 N–H and O–H groups in total. The van der Waals surface area contributed by atoms with E-state index < -0.39 is 29.1 Å². The molecular formula is C13H8BrClF3N. The molecule has 0 radical (unpaired) electrons. The number of hydrogen-bond acceptors (Lipinski definition) is 1. The molecule has 1 atom stereocenters. The van der Waals surface area contributed by atoms with Crippen LogP contribution >= 0.6 is 27.5 Å². The Kier molecular flexibility index (Phi) is 4.18. The molecule has 0 saturated heterocycles. The third kappa shape index (κ3) is 2.78. The average Bonchev–Trinajstić information content (AvgIpc) is 2.34. The van der Waals surface area contributed by atoms with Crippen molar-refractivity contribution in [2.24, 2.45) is 5.73 Å². The monoisotopic (exact) mass is 349 g/mol. The predicted octanol–water partition coefficient (Wildman–Crippen LogP) is 4.57. The third-order valence-corrected chi connectivity index (χ3v) is 3.54. The maximum absolute atomic E-state index is 13.9. The fraction of sp³-hybridized carbons (Fsp3) is 0.0769. The number of benzene rings is 2. The first-order valence-electron chi connectivity index (χ1n) is 5.25. The number of rotatable bonds is 2. The van der Waals surface area contributed by atoms with Crippen LogP contribution in [0.5, 0.6) is 0 Å². The smallest absolute Gasteiger partial charge is 0.145 e. The lowest BCUT2D eigenvalue weighted by Crippen LogP contribution is -2.17. The summed E-state index contributed by atoms with van der Waals surface area (Å²) in [6.07, 6.45) is 0. The van der Waals surface area contributed by atoms with Gasteiger partial charge in [0.1, 0.15) is 17.5 Å². The molecule has 0 fully saturated rings. The van der Waals surface area contributed by atoms with Gasteiger partial charge >= 0.3 is 0 Å². The Balaban J connectivity index is 2.56. The van der Waals surface area contributed by atoms with E-state index in [0.29, 0.717) is 0 Å². The molecule has 0 amide bonds. The van der Waals surface area contributed by atoms with E-state index in [-0.39, 0.29) is 15.1 Å². The SMILES string of the molecule is NC(c1ccc(Cl)cc1F)c1c(F)ccc(Br)c1F. The predicted molar refractivity (Wildman–Crippen MR) is 71.5 cm³/mol. The molecule has 6 heteroatoms. The Morgan fingerprint density at radius 3 is 2.37 bits per heavy atom. The minimum absolute atomic E-state index is 0.0275. The van der Waals surface area contributed by atoms with Crippen molar-refractivity contribution in [2.45, 2.75) is 6.04 Å². The van der Waals surface area contributed by atoms with Crippen molar-refractivity contribution >= 4 is 27.5 Å². The first-order valence-corrected chi connectivity index (χ1v) is 6.43. The van der Waals surface area contributed by atoms with Crippen molar-refractivity contribution in [2.75, 3.05) is 0 Å². The zero-order chi connectivity index (χ0) is 14.2. The molecule has 2 aromatic carbocycles. The molecule has 1 unspecified atom stereocenters. The van der Waals surface area contributed by atoms with Crippen LogP contribution in [-0.2, 0) is 0 Å². The third-order valence-electron chi connectivity index (χ3n) is 2.69. The minimum Gasteiger partial charge on any atom is -0.320 e. The van der Waals surface area contributed by atoms with Crippen LogP contribution in [0.25, 0.3) is 0 Å². The van der Waals surface area contributed by atoms with Gasteiger partial charge in [-0.25, -0.2) is 13.2 Å². The molecule has 0 heterocycles. The quantitative estimate of drug-likeness (QED) is 0.789. The largest absolute Gasteiger partial charge is 0.320 e. The molecule has 0 aliphatic heterocycles. The lowest BCUT2D eigenvalue weighted by Gasteiger charge is -2.16. The van der Waals surface area contributed by atoms with E-state index in [1.807, 2.05) is 0 Å². The van der Waals surface area contributed by atoms with E-state index >= 15 is 0 Å². The highest BCUT2D eigenvalue weighted by Crippen LogP contribution is 2.31. The maximum Gasteiger partial charge on any atom is 0.145 e. The van der Waals surface area contributed by atoms with Gasteiger partial charge in [-0.15, -0.1) is 0 Å². The summed E-state index contributed by atoms with van der Waals surface area (Å²) in [7, 11) is 0. The summed E-state index contributed by atoms with van der Waals surface area (Å²) in [6.45, 7) is 0. The van der Waals surface area contributed by atoms with Crippen LogP contribution in [0.15, 0.2) is 34.8 Å². The average molecular weight is 351 g/mol. The second kappa shape index (κ2) is 5.53. The molecule has 100 valence electrons. The molecule has 0 aliphatic rings. The zero-order valence-corrected chi connectivity index (χ0v) is 11.8. The highest BCUT2D eigenvalue weighted by molar-refractivity contribution is 9.10. The maximum atomic E-state index is 13.9. The molecule has 0 spiro atoms. The van der Waals surface area contributed by atoms with Gasteiger partial charge in [-0.3, -0.25) is 0 Å². The Morgan fingerprint density at radius 1 is 1.05 bits per heavy atom. The Labute approximate surface area is 121 Å². The number of nitrogens with two attached hydrogens (primary N) is 1. The topological polar surface area (TPSA) is 26.0 Å². The van der Waals surface area contributed by atoms with Gasteiger partial charge in [0, 0.05) is 16.1 Å². The van der Waals surface area contributed by atoms with Crippen molar-refractivity contribution in [1.29, 1.82) is 0 Å². The second-order valence-corrected chi connectivity index (χ2v) is 5.19. The van der Waals surface area contributed by atoms with Gasteiger partial charge in [0.2, 0.25) is 0 Å². The van der Waals surface area contributed by atoms with E-state index in [1.54, 1.807) is 0 Å². The van der Waals surface area contributed by atoms with Gasteiger partial charge in [0.15, 0.2) is 0 Å². The van der Waals surface area contributed by atoms with E-state index in [0.717, 1.165) is 12.1 Å². The first-order chi connectivity index (χ1) is 8.91. The molecule has 0 bridgehead atoms. The molecule has 0 saturated carbocycles. The number of hydrogen-bond donors (Lipinski definition) is 1. The summed E-state index contributed by atoms with van der Waals surface area (Å²) in [5.41, 5.74) is 5.33. The van der Waals surface area contributed by atoms with Crippen LogP contribution in [0.2, 0.25) is 5.02 Å². The summed E-state index contributed by atoms with van der Waals surface area (Å²) < 4.78 is 41.4. The normalized spacial score (nSPS) is 12.5. The van der Waals surface area contributed by atoms with Crippen molar-refractivity contribution < 1.29 is 13.2 Å².